The molecule has 0 spiro atoms. The fraction of sp³-hybridized carbons (Fsp3) is 0.316. The minimum absolute atomic E-state index is 0.0159. The summed E-state index contributed by atoms with van der Waals surface area (Å²) >= 11 is 3.59. The number of rotatable bonds is 6. The number of para-hydroxylation sites is 1. The van der Waals surface area contributed by atoms with Gasteiger partial charge in [0.25, 0.3) is 0 Å². The number of benzene rings is 2. The highest BCUT2D eigenvalue weighted by molar-refractivity contribution is 9.10. The van der Waals surface area contributed by atoms with Crippen molar-refractivity contribution in [2.75, 3.05) is 6.54 Å². The van der Waals surface area contributed by atoms with Crippen molar-refractivity contribution in [1.82, 2.24) is 19.9 Å². The average molecular weight is 401 g/mol. The summed E-state index contributed by atoms with van der Waals surface area (Å²) in [7, 11) is 0. The molecule has 130 valence electrons. The van der Waals surface area contributed by atoms with Crippen molar-refractivity contribution in [2.24, 2.45) is 0 Å². The Morgan fingerprint density at radius 2 is 1.92 bits per heavy atom. The van der Waals surface area contributed by atoms with E-state index in [2.05, 4.69) is 46.2 Å². The zero-order chi connectivity index (χ0) is 17.8. The molecule has 0 saturated heterocycles. The van der Waals surface area contributed by atoms with E-state index in [-0.39, 0.29) is 18.5 Å². The van der Waals surface area contributed by atoms with Crippen LogP contribution in [0.15, 0.2) is 53.0 Å². The van der Waals surface area contributed by atoms with Crippen LogP contribution in [-0.4, -0.2) is 32.3 Å². The maximum Gasteiger partial charge on any atom is 0.244 e. The van der Waals surface area contributed by atoms with Crippen molar-refractivity contribution in [2.45, 2.75) is 32.9 Å². The molecule has 1 heterocycles. The molecule has 0 bridgehead atoms. The van der Waals surface area contributed by atoms with Crippen LogP contribution < -0.4 is 0 Å². The number of fused-ring (bicyclic) bond motifs is 1. The first kappa shape index (κ1) is 17.6. The topological polar surface area (TPSA) is 51.0 Å². The molecular formula is C19H21BrN4O. The van der Waals surface area contributed by atoms with E-state index in [9.17, 15) is 4.79 Å². The standard InChI is InChI=1S/C19H21BrN4O/c1-3-12-23(14(2)15-8-4-5-9-16(15)20)19(25)13-24-18-11-7-6-10-17(18)21-22-24/h4-11,14H,3,12-13H2,1-2H3. The minimum atomic E-state index is -0.0159. The molecule has 1 unspecified atom stereocenters. The Morgan fingerprint density at radius 3 is 2.68 bits per heavy atom. The first-order valence-electron chi connectivity index (χ1n) is 8.44. The Bertz CT molecular complexity index is 876. The van der Waals surface area contributed by atoms with Gasteiger partial charge in [-0.2, -0.15) is 0 Å². The molecule has 1 amide bonds. The van der Waals surface area contributed by atoms with E-state index in [0.29, 0.717) is 6.54 Å². The number of hydrogen-bond acceptors (Lipinski definition) is 3. The molecule has 3 aromatic rings. The molecule has 0 N–H and O–H groups in total. The summed E-state index contributed by atoms with van der Waals surface area (Å²) in [6.45, 7) is 5.04. The van der Waals surface area contributed by atoms with Crippen LogP contribution in [0.1, 0.15) is 31.9 Å². The maximum absolute atomic E-state index is 13.0. The van der Waals surface area contributed by atoms with Crippen LogP contribution >= 0.6 is 15.9 Å². The van der Waals surface area contributed by atoms with Gasteiger partial charge in [-0.05, 0) is 37.1 Å². The minimum Gasteiger partial charge on any atom is -0.334 e. The highest BCUT2D eigenvalue weighted by Gasteiger charge is 2.23. The molecular weight excluding hydrogens is 380 g/mol. The van der Waals surface area contributed by atoms with Gasteiger partial charge in [-0.25, -0.2) is 4.68 Å². The van der Waals surface area contributed by atoms with Crippen molar-refractivity contribution >= 4 is 32.9 Å². The second-order valence-electron chi connectivity index (χ2n) is 6.02. The molecule has 6 heteroatoms. The van der Waals surface area contributed by atoms with Crippen molar-refractivity contribution in [3.63, 3.8) is 0 Å². The van der Waals surface area contributed by atoms with Gasteiger partial charge in [-0.1, -0.05) is 58.4 Å². The monoisotopic (exact) mass is 400 g/mol. The lowest BCUT2D eigenvalue weighted by Crippen LogP contribution is -2.37. The predicted molar refractivity (Wildman–Crippen MR) is 102 cm³/mol. The highest BCUT2D eigenvalue weighted by atomic mass is 79.9. The molecule has 0 fully saturated rings. The molecule has 2 aromatic carbocycles. The van der Waals surface area contributed by atoms with Gasteiger partial charge in [-0.3, -0.25) is 4.79 Å². The van der Waals surface area contributed by atoms with Crippen molar-refractivity contribution in [3.05, 3.63) is 58.6 Å². The Labute approximate surface area is 155 Å². The summed E-state index contributed by atoms with van der Waals surface area (Å²) in [5.74, 6) is 0.0424. The third kappa shape index (κ3) is 3.74. The van der Waals surface area contributed by atoms with Crippen LogP contribution in [0.5, 0.6) is 0 Å². The van der Waals surface area contributed by atoms with Crippen molar-refractivity contribution < 1.29 is 4.79 Å². The SMILES string of the molecule is CCCN(C(=O)Cn1nnc2ccccc21)C(C)c1ccccc1Br. The molecule has 0 aliphatic rings. The second-order valence-corrected chi connectivity index (χ2v) is 6.87. The summed E-state index contributed by atoms with van der Waals surface area (Å²) in [4.78, 5) is 14.9. The summed E-state index contributed by atoms with van der Waals surface area (Å²) in [5.41, 5.74) is 2.78. The van der Waals surface area contributed by atoms with Crippen LogP contribution in [0.4, 0.5) is 0 Å². The third-order valence-electron chi connectivity index (χ3n) is 4.31. The Hall–Kier alpha value is -2.21. The zero-order valence-electron chi connectivity index (χ0n) is 14.4. The summed E-state index contributed by atoms with van der Waals surface area (Å²) in [6.07, 6.45) is 0.901. The molecule has 0 saturated carbocycles. The molecule has 0 aliphatic carbocycles. The Morgan fingerprint density at radius 1 is 1.20 bits per heavy atom. The second kappa shape index (κ2) is 7.78. The van der Waals surface area contributed by atoms with Crippen LogP contribution in [0, 0.1) is 0 Å². The maximum atomic E-state index is 13.0. The van der Waals surface area contributed by atoms with Gasteiger partial charge in [0, 0.05) is 11.0 Å². The van der Waals surface area contributed by atoms with E-state index in [1.54, 1.807) is 4.68 Å². The molecule has 25 heavy (non-hydrogen) atoms. The van der Waals surface area contributed by atoms with Gasteiger partial charge >= 0.3 is 0 Å². The highest BCUT2D eigenvalue weighted by Crippen LogP contribution is 2.28. The molecule has 1 aromatic heterocycles. The van der Waals surface area contributed by atoms with E-state index in [0.717, 1.165) is 27.5 Å². The van der Waals surface area contributed by atoms with Crippen LogP contribution in [0.2, 0.25) is 0 Å². The Balaban J connectivity index is 1.85. The fourth-order valence-electron chi connectivity index (χ4n) is 3.01. The van der Waals surface area contributed by atoms with Gasteiger partial charge in [0.2, 0.25) is 5.91 Å². The van der Waals surface area contributed by atoms with Crippen LogP contribution in [-0.2, 0) is 11.3 Å². The third-order valence-corrected chi connectivity index (χ3v) is 5.04. The normalized spacial score (nSPS) is 12.3. The summed E-state index contributed by atoms with van der Waals surface area (Å²) < 4.78 is 2.69. The van der Waals surface area contributed by atoms with Crippen LogP contribution in [0.25, 0.3) is 11.0 Å². The van der Waals surface area contributed by atoms with Crippen molar-refractivity contribution in [3.8, 4) is 0 Å². The summed E-state index contributed by atoms with van der Waals surface area (Å²) in [5, 5.41) is 8.27. The zero-order valence-corrected chi connectivity index (χ0v) is 16.0. The quantitative estimate of drug-likeness (QED) is 0.622. The van der Waals surface area contributed by atoms with Gasteiger partial charge in [0.15, 0.2) is 0 Å². The van der Waals surface area contributed by atoms with Gasteiger partial charge in [-0.15, -0.1) is 5.10 Å². The lowest BCUT2D eigenvalue weighted by Gasteiger charge is -2.30. The number of carbonyl (C=O) groups excluding carboxylic acids is 1. The van der Waals surface area contributed by atoms with Crippen molar-refractivity contribution in [1.29, 1.82) is 0 Å². The lowest BCUT2D eigenvalue weighted by molar-refractivity contribution is -0.134. The van der Waals surface area contributed by atoms with Gasteiger partial charge in [0.1, 0.15) is 12.1 Å². The van der Waals surface area contributed by atoms with E-state index in [1.165, 1.54) is 0 Å². The Kier molecular flexibility index (Phi) is 5.48. The molecule has 3 rings (SSSR count). The first-order chi connectivity index (χ1) is 12.1. The van der Waals surface area contributed by atoms with Crippen LogP contribution in [0.3, 0.4) is 0 Å². The number of halogens is 1. The predicted octanol–water partition coefficient (Wildman–Crippen LogP) is 4.19. The van der Waals surface area contributed by atoms with E-state index in [1.807, 2.05) is 47.4 Å². The summed E-state index contributed by atoms with van der Waals surface area (Å²) in [6, 6.07) is 15.7. The lowest BCUT2D eigenvalue weighted by atomic mass is 10.1. The number of nitrogens with zero attached hydrogens (tertiary/aromatic N) is 4. The van der Waals surface area contributed by atoms with E-state index < -0.39 is 0 Å². The fourth-order valence-corrected chi connectivity index (χ4v) is 3.63. The molecule has 0 aliphatic heterocycles. The number of carbonyl (C=O) groups is 1. The largest absolute Gasteiger partial charge is 0.334 e. The first-order valence-corrected chi connectivity index (χ1v) is 9.23. The number of aromatic nitrogens is 3. The molecule has 5 nitrogen and oxygen atoms in total. The average Bonchev–Trinajstić information content (AvgIpc) is 3.02. The number of amides is 1. The van der Waals surface area contributed by atoms with Gasteiger partial charge in [0.05, 0.1) is 11.6 Å². The smallest absolute Gasteiger partial charge is 0.244 e. The van der Waals surface area contributed by atoms with E-state index >= 15 is 0 Å². The van der Waals surface area contributed by atoms with E-state index in [4.69, 9.17) is 0 Å². The molecule has 1 atom stereocenters. The molecule has 0 radical (unpaired) electrons. The van der Waals surface area contributed by atoms with Gasteiger partial charge < -0.3 is 4.90 Å². The number of hydrogen-bond donors (Lipinski definition) is 0.